The molecule has 1 aromatic carbocycles. The Kier molecular flexibility index (Phi) is 5.50. The summed E-state index contributed by atoms with van der Waals surface area (Å²) in [5.41, 5.74) is 1.27. The monoisotopic (exact) mass is 429 g/mol. The number of carbonyl (C=O) groups excluding carboxylic acids is 1. The molecule has 1 N–H and O–H groups in total. The summed E-state index contributed by atoms with van der Waals surface area (Å²) in [5, 5.41) is 4.93. The van der Waals surface area contributed by atoms with Crippen LogP contribution >= 0.6 is 23.1 Å². The van der Waals surface area contributed by atoms with E-state index < -0.39 is 0 Å². The fourth-order valence-corrected chi connectivity index (χ4v) is 4.37. The van der Waals surface area contributed by atoms with Crippen LogP contribution in [0, 0.1) is 12.7 Å². The van der Waals surface area contributed by atoms with E-state index in [2.05, 4.69) is 10.3 Å². The molecule has 0 fully saturated rings. The van der Waals surface area contributed by atoms with Crippen molar-refractivity contribution in [1.29, 1.82) is 0 Å². The lowest BCUT2D eigenvalue weighted by Gasteiger charge is -2.13. The van der Waals surface area contributed by atoms with Gasteiger partial charge in [-0.3, -0.25) is 14.2 Å². The number of benzene rings is 1. The number of rotatable bonds is 6. The number of amides is 1. The van der Waals surface area contributed by atoms with Gasteiger partial charge in [0.15, 0.2) is 5.16 Å². The number of furan rings is 1. The van der Waals surface area contributed by atoms with Gasteiger partial charge < -0.3 is 9.73 Å². The standard InChI is InChI=1S/C20H16FN3O3S2/c1-12-9-13(4-5-15(12)21)24-19(26)18-16(6-8-28-18)23-20(24)29-11-17(25)22-10-14-3-2-7-27-14/h2-9H,10-11H2,1H3,(H,22,25). The summed E-state index contributed by atoms with van der Waals surface area (Å²) in [6.07, 6.45) is 1.54. The van der Waals surface area contributed by atoms with Crippen LogP contribution in [0.15, 0.2) is 62.4 Å². The molecule has 1 amide bonds. The summed E-state index contributed by atoms with van der Waals surface area (Å²) < 4.78 is 20.8. The van der Waals surface area contributed by atoms with Crippen molar-refractivity contribution in [2.45, 2.75) is 18.6 Å². The van der Waals surface area contributed by atoms with Crippen LogP contribution in [0.25, 0.3) is 15.9 Å². The Morgan fingerprint density at radius 1 is 1.34 bits per heavy atom. The van der Waals surface area contributed by atoms with Crippen molar-refractivity contribution in [3.05, 3.63) is 75.5 Å². The largest absolute Gasteiger partial charge is 0.467 e. The normalized spacial score (nSPS) is 11.1. The summed E-state index contributed by atoms with van der Waals surface area (Å²) in [4.78, 5) is 29.8. The number of nitrogens with one attached hydrogen (secondary N) is 1. The second-order valence-electron chi connectivity index (χ2n) is 6.25. The molecule has 148 valence electrons. The number of hydrogen-bond acceptors (Lipinski definition) is 6. The zero-order valence-electron chi connectivity index (χ0n) is 15.3. The Hall–Kier alpha value is -2.91. The number of thioether (sulfide) groups is 1. The average molecular weight is 429 g/mol. The summed E-state index contributed by atoms with van der Waals surface area (Å²) >= 11 is 2.45. The number of thiophene rings is 1. The quantitative estimate of drug-likeness (QED) is 0.372. The van der Waals surface area contributed by atoms with Crippen molar-refractivity contribution in [2.24, 2.45) is 0 Å². The van der Waals surface area contributed by atoms with Gasteiger partial charge in [-0.05, 0) is 54.3 Å². The number of aromatic nitrogens is 2. The van der Waals surface area contributed by atoms with Crippen molar-refractivity contribution >= 4 is 39.2 Å². The van der Waals surface area contributed by atoms with Crippen molar-refractivity contribution in [2.75, 3.05) is 5.75 Å². The molecule has 0 aliphatic heterocycles. The molecule has 9 heteroatoms. The molecule has 3 heterocycles. The highest BCUT2D eigenvalue weighted by Gasteiger charge is 2.16. The molecule has 0 bridgehead atoms. The van der Waals surface area contributed by atoms with E-state index in [1.54, 1.807) is 42.8 Å². The molecule has 4 rings (SSSR count). The number of fused-ring (bicyclic) bond motifs is 1. The summed E-state index contributed by atoms with van der Waals surface area (Å²) in [6, 6.07) is 9.74. The van der Waals surface area contributed by atoms with Crippen LogP contribution < -0.4 is 10.9 Å². The fraction of sp³-hybridized carbons (Fsp3) is 0.150. The van der Waals surface area contributed by atoms with Gasteiger partial charge in [0.05, 0.1) is 29.8 Å². The van der Waals surface area contributed by atoms with Crippen LogP contribution in [0.2, 0.25) is 0 Å². The molecule has 0 spiro atoms. The SMILES string of the molecule is Cc1cc(-n2c(SCC(=O)NCc3ccco3)nc3ccsc3c2=O)ccc1F. The Balaban J connectivity index is 1.63. The smallest absolute Gasteiger partial charge is 0.276 e. The van der Waals surface area contributed by atoms with Gasteiger partial charge in [-0.1, -0.05) is 11.8 Å². The highest BCUT2D eigenvalue weighted by Crippen LogP contribution is 2.24. The zero-order valence-corrected chi connectivity index (χ0v) is 17.0. The maximum Gasteiger partial charge on any atom is 0.276 e. The van der Waals surface area contributed by atoms with Gasteiger partial charge in [0.2, 0.25) is 5.91 Å². The number of nitrogens with zero attached hydrogens (tertiary/aromatic N) is 2. The number of halogens is 1. The maximum atomic E-state index is 13.7. The van der Waals surface area contributed by atoms with E-state index >= 15 is 0 Å². The van der Waals surface area contributed by atoms with Gasteiger partial charge in [0.1, 0.15) is 16.3 Å². The second kappa shape index (κ2) is 8.22. The molecule has 3 aromatic heterocycles. The van der Waals surface area contributed by atoms with Crippen molar-refractivity contribution < 1.29 is 13.6 Å². The molecule has 0 aliphatic rings. The van der Waals surface area contributed by atoms with Crippen LogP contribution in [0.1, 0.15) is 11.3 Å². The van der Waals surface area contributed by atoms with E-state index in [9.17, 15) is 14.0 Å². The second-order valence-corrected chi connectivity index (χ2v) is 8.11. The zero-order chi connectivity index (χ0) is 20.4. The topological polar surface area (TPSA) is 77.1 Å². The molecular formula is C20H16FN3O3S2. The molecule has 29 heavy (non-hydrogen) atoms. The Bertz CT molecular complexity index is 1230. The fourth-order valence-electron chi connectivity index (χ4n) is 2.76. The van der Waals surface area contributed by atoms with Crippen LogP contribution in [0.3, 0.4) is 0 Å². The van der Waals surface area contributed by atoms with Gasteiger partial charge >= 0.3 is 0 Å². The minimum atomic E-state index is -0.349. The van der Waals surface area contributed by atoms with Crippen LogP contribution in [-0.4, -0.2) is 21.2 Å². The Morgan fingerprint density at radius 2 is 2.21 bits per heavy atom. The van der Waals surface area contributed by atoms with Crippen molar-refractivity contribution in [1.82, 2.24) is 14.9 Å². The summed E-state index contributed by atoms with van der Waals surface area (Å²) in [5.74, 6) is 0.161. The van der Waals surface area contributed by atoms with E-state index in [-0.39, 0.29) is 29.6 Å². The van der Waals surface area contributed by atoms with Gasteiger partial charge in [0, 0.05) is 0 Å². The number of hydrogen-bond donors (Lipinski definition) is 1. The third-order valence-corrected chi connectivity index (χ3v) is 6.05. The predicted molar refractivity (Wildman–Crippen MR) is 111 cm³/mol. The molecule has 6 nitrogen and oxygen atoms in total. The average Bonchev–Trinajstić information content (AvgIpc) is 3.39. The van der Waals surface area contributed by atoms with Gasteiger partial charge in [-0.2, -0.15) is 0 Å². The first-order valence-electron chi connectivity index (χ1n) is 8.71. The molecule has 4 aromatic rings. The highest BCUT2D eigenvalue weighted by molar-refractivity contribution is 7.99. The van der Waals surface area contributed by atoms with Gasteiger partial charge in [-0.25, -0.2) is 9.37 Å². The van der Waals surface area contributed by atoms with E-state index in [4.69, 9.17) is 4.42 Å². The van der Waals surface area contributed by atoms with Gasteiger partial charge in [-0.15, -0.1) is 11.3 Å². The first-order valence-corrected chi connectivity index (χ1v) is 10.6. The first-order chi connectivity index (χ1) is 14.0. The van der Waals surface area contributed by atoms with E-state index in [1.807, 2.05) is 0 Å². The Labute approximate surface area is 173 Å². The van der Waals surface area contributed by atoms with Crippen molar-refractivity contribution in [3.63, 3.8) is 0 Å². The molecule has 0 saturated heterocycles. The van der Waals surface area contributed by atoms with Crippen LogP contribution in [0.4, 0.5) is 4.39 Å². The maximum absolute atomic E-state index is 13.7. The van der Waals surface area contributed by atoms with E-state index in [0.29, 0.717) is 32.4 Å². The molecule has 0 aliphatic carbocycles. The predicted octanol–water partition coefficient (Wildman–Crippen LogP) is 3.90. The molecule has 0 atom stereocenters. The lowest BCUT2D eigenvalue weighted by molar-refractivity contribution is -0.118. The third kappa shape index (κ3) is 4.10. The van der Waals surface area contributed by atoms with Crippen LogP contribution in [-0.2, 0) is 11.3 Å². The van der Waals surface area contributed by atoms with Crippen molar-refractivity contribution in [3.8, 4) is 5.69 Å². The molecule has 0 saturated carbocycles. The summed E-state index contributed by atoms with van der Waals surface area (Å²) in [6.45, 7) is 1.92. The van der Waals surface area contributed by atoms with Gasteiger partial charge in [0.25, 0.3) is 5.56 Å². The third-order valence-electron chi connectivity index (χ3n) is 4.22. The highest BCUT2D eigenvalue weighted by atomic mass is 32.2. The number of aryl methyl sites for hydroxylation is 1. The number of carbonyl (C=O) groups is 1. The molecular weight excluding hydrogens is 413 g/mol. The minimum absolute atomic E-state index is 0.0724. The molecule has 0 unspecified atom stereocenters. The van der Waals surface area contributed by atoms with Crippen LogP contribution in [0.5, 0.6) is 0 Å². The minimum Gasteiger partial charge on any atom is -0.467 e. The first kappa shape index (κ1) is 19.4. The Morgan fingerprint density at radius 3 is 2.97 bits per heavy atom. The molecule has 0 radical (unpaired) electrons. The lowest BCUT2D eigenvalue weighted by atomic mass is 10.2. The lowest BCUT2D eigenvalue weighted by Crippen LogP contribution is -2.26. The van der Waals surface area contributed by atoms with E-state index in [0.717, 1.165) is 11.8 Å². The van der Waals surface area contributed by atoms with E-state index in [1.165, 1.54) is 28.0 Å². The summed E-state index contributed by atoms with van der Waals surface area (Å²) in [7, 11) is 0.